The van der Waals surface area contributed by atoms with Crippen LogP contribution in [0.25, 0.3) is 0 Å². The molecule has 0 aliphatic carbocycles. The summed E-state index contributed by atoms with van der Waals surface area (Å²) >= 11 is 1.44. The quantitative estimate of drug-likeness (QED) is 0.802. The highest BCUT2D eigenvalue weighted by Gasteiger charge is 2.09. The van der Waals surface area contributed by atoms with Crippen molar-refractivity contribution in [1.29, 1.82) is 0 Å². The predicted octanol–water partition coefficient (Wildman–Crippen LogP) is 2.37. The second kappa shape index (κ2) is 7.82. The standard InChI is InChI=1S/C13H20N6OS/c1-4-6-14-11-16-12(20-7-5-2)18-13(17-11)21-10-8-15-19(3)9-10/h8-9H,4-7H2,1-3H3,(H,14,16,17,18). The third kappa shape index (κ3) is 4.89. The fourth-order valence-corrected chi connectivity index (χ4v) is 2.29. The minimum Gasteiger partial charge on any atom is -0.463 e. The molecular weight excluding hydrogens is 288 g/mol. The zero-order chi connectivity index (χ0) is 15.1. The number of hydrogen-bond donors (Lipinski definition) is 1. The SMILES string of the molecule is CCCNc1nc(OCCC)nc(Sc2cnn(C)c2)n1. The molecule has 0 radical (unpaired) electrons. The first-order valence-electron chi connectivity index (χ1n) is 7.00. The molecule has 8 heteroatoms. The first-order chi connectivity index (χ1) is 10.2. The van der Waals surface area contributed by atoms with Crippen LogP contribution < -0.4 is 10.1 Å². The van der Waals surface area contributed by atoms with Crippen molar-refractivity contribution in [2.75, 3.05) is 18.5 Å². The Kier molecular flexibility index (Phi) is 5.79. The number of nitrogens with zero attached hydrogens (tertiary/aromatic N) is 5. The molecule has 0 saturated carbocycles. The summed E-state index contributed by atoms with van der Waals surface area (Å²) in [6.07, 6.45) is 5.61. The van der Waals surface area contributed by atoms with Crippen LogP contribution in [0.15, 0.2) is 22.4 Å². The van der Waals surface area contributed by atoms with E-state index in [-0.39, 0.29) is 0 Å². The largest absolute Gasteiger partial charge is 0.463 e. The van der Waals surface area contributed by atoms with Crippen molar-refractivity contribution >= 4 is 17.7 Å². The van der Waals surface area contributed by atoms with Crippen LogP contribution in [-0.2, 0) is 7.05 Å². The Hall–Kier alpha value is -1.83. The van der Waals surface area contributed by atoms with Gasteiger partial charge < -0.3 is 10.1 Å². The van der Waals surface area contributed by atoms with Gasteiger partial charge >= 0.3 is 6.01 Å². The van der Waals surface area contributed by atoms with Crippen molar-refractivity contribution in [3.63, 3.8) is 0 Å². The van der Waals surface area contributed by atoms with Crippen molar-refractivity contribution in [3.8, 4) is 6.01 Å². The fraction of sp³-hybridized carbons (Fsp3) is 0.538. The molecule has 2 aromatic heterocycles. The highest BCUT2D eigenvalue weighted by molar-refractivity contribution is 7.99. The van der Waals surface area contributed by atoms with Crippen LogP contribution in [0.5, 0.6) is 6.01 Å². The molecule has 0 atom stereocenters. The van der Waals surface area contributed by atoms with E-state index in [2.05, 4.69) is 32.3 Å². The first-order valence-corrected chi connectivity index (χ1v) is 7.82. The number of ether oxygens (including phenoxy) is 1. The number of anilines is 1. The van der Waals surface area contributed by atoms with E-state index in [1.807, 2.05) is 20.2 Å². The predicted molar refractivity (Wildman–Crippen MR) is 81.7 cm³/mol. The van der Waals surface area contributed by atoms with Crippen LogP contribution in [-0.4, -0.2) is 37.9 Å². The molecule has 2 heterocycles. The van der Waals surface area contributed by atoms with E-state index in [0.717, 1.165) is 24.3 Å². The van der Waals surface area contributed by atoms with Crippen LogP contribution in [0.4, 0.5) is 5.95 Å². The van der Waals surface area contributed by atoms with E-state index in [4.69, 9.17) is 4.74 Å². The van der Waals surface area contributed by atoms with Gasteiger partial charge in [0.25, 0.3) is 0 Å². The molecule has 2 aromatic rings. The summed E-state index contributed by atoms with van der Waals surface area (Å²) in [5.41, 5.74) is 0. The normalized spacial score (nSPS) is 10.6. The summed E-state index contributed by atoms with van der Waals surface area (Å²) in [6.45, 7) is 5.54. The number of aryl methyl sites for hydroxylation is 1. The molecule has 0 fully saturated rings. The van der Waals surface area contributed by atoms with E-state index in [9.17, 15) is 0 Å². The van der Waals surface area contributed by atoms with Gasteiger partial charge in [0.1, 0.15) is 0 Å². The molecule has 0 saturated heterocycles. The maximum atomic E-state index is 5.52. The van der Waals surface area contributed by atoms with Crippen molar-refractivity contribution in [1.82, 2.24) is 24.7 Å². The highest BCUT2D eigenvalue weighted by Crippen LogP contribution is 2.25. The Morgan fingerprint density at radius 1 is 1.24 bits per heavy atom. The first kappa shape index (κ1) is 15.6. The van der Waals surface area contributed by atoms with Gasteiger partial charge in [0.15, 0.2) is 0 Å². The van der Waals surface area contributed by atoms with Crippen molar-refractivity contribution in [2.45, 2.75) is 36.7 Å². The average molecular weight is 308 g/mol. The van der Waals surface area contributed by atoms with Crippen molar-refractivity contribution < 1.29 is 4.74 Å². The smallest absolute Gasteiger partial charge is 0.322 e. The lowest BCUT2D eigenvalue weighted by atomic mass is 10.5. The van der Waals surface area contributed by atoms with Gasteiger partial charge in [-0.2, -0.15) is 20.1 Å². The topological polar surface area (TPSA) is 77.8 Å². The molecule has 0 unspecified atom stereocenters. The Balaban J connectivity index is 2.16. The summed E-state index contributed by atoms with van der Waals surface area (Å²) in [5, 5.41) is 7.90. The maximum absolute atomic E-state index is 5.52. The van der Waals surface area contributed by atoms with Crippen molar-refractivity contribution in [3.05, 3.63) is 12.4 Å². The van der Waals surface area contributed by atoms with Crippen LogP contribution in [0.1, 0.15) is 26.7 Å². The molecule has 7 nitrogen and oxygen atoms in total. The third-order valence-corrected chi connectivity index (χ3v) is 3.26. The van der Waals surface area contributed by atoms with E-state index in [1.54, 1.807) is 10.9 Å². The molecule has 0 aliphatic rings. The molecule has 0 bridgehead atoms. The van der Waals surface area contributed by atoms with Gasteiger partial charge in [-0.3, -0.25) is 4.68 Å². The average Bonchev–Trinajstić information content (AvgIpc) is 2.88. The summed E-state index contributed by atoms with van der Waals surface area (Å²) < 4.78 is 7.27. The molecule has 1 N–H and O–H groups in total. The summed E-state index contributed by atoms with van der Waals surface area (Å²) in [7, 11) is 1.88. The van der Waals surface area contributed by atoms with Crippen molar-refractivity contribution in [2.24, 2.45) is 7.05 Å². The second-order valence-corrected chi connectivity index (χ2v) is 5.49. The molecular formula is C13H20N6OS. The number of hydrogen-bond acceptors (Lipinski definition) is 7. The second-order valence-electron chi connectivity index (χ2n) is 4.45. The summed E-state index contributed by atoms with van der Waals surface area (Å²) in [6, 6.07) is 0.358. The Labute approximate surface area is 128 Å². The highest BCUT2D eigenvalue weighted by atomic mass is 32.2. The number of rotatable bonds is 8. The third-order valence-electron chi connectivity index (χ3n) is 2.45. The molecule has 2 rings (SSSR count). The monoisotopic (exact) mass is 308 g/mol. The van der Waals surface area contributed by atoms with E-state index < -0.39 is 0 Å². The van der Waals surface area contributed by atoms with E-state index >= 15 is 0 Å². The zero-order valence-corrected chi connectivity index (χ0v) is 13.4. The number of aromatic nitrogens is 5. The molecule has 0 aliphatic heterocycles. The van der Waals surface area contributed by atoms with Gasteiger partial charge in [0.05, 0.1) is 17.7 Å². The van der Waals surface area contributed by atoms with Crippen LogP contribution in [0.2, 0.25) is 0 Å². The lowest BCUT2D eigenvalue weighted by molar-refractivity contribution is 0.288. The maximum Gasteiger partial charge on any atom is 0.322 e. The van der Waals surface area contributed by atoms with Crippen LogP contribution in [0, 0.1) is 0 Å². The molecule has 0 spiro atoms. The number of nitrogens with one attached hydrogen (secondary N) is 1. The minimum atomic E-state index is 0.358. The summed E-state index contributed by atoms with van der Waals surface area (Å²) in [5.74, 6) is 0.546. The van der Waals surface area contributed by atoms with Gasteiger partial charge in [-0.05, 0) is 24.6 Å². The van der Waals surface area contributed by atoms with Crippen LogP contribution in [0.3, 0.4) is 0 Å². The molecule has 21 heavy (non-hydrogen) atoms. The Morgan fingerprint density at radius 3 is 2.76 bits per heavy atom. The van der Waals surface area contributed by atoms with E-state index in [0.29, 0.717) is 23.7 Å². The lowest BCUT2D eigenvalue weighted by Gasteiger charge is -2.08. The van der Waals surface area contributed by atoms with Gasteiger partial charge in [0.2, 0.25) is 11.1 Å². The van der Waals surface area contributed by atoms with Crippen LogP contribution >= 0.6 is 11.8 Å². The van der Waals surface area contributed by atoms with Gasteiger partial charge in [-0.25, -0.2) is 0 Å². The Morgan fingerprint density at radius 2 is 2.10 bits per heavy atom. The lowest BCUT2D eigenvalue weighted by Crippen LogP contribution is -2.08. The van der Waals surface area contributed by atoms with E-state index in [1.165, 1.54) is 11.8 Å². The zero-order valence-electron chi connectivity index (χ0n) is 12.5. The van der Waals surface area contributed by atoms with Gasteiger partial charge in [-0.15, -0.1) is 0 Å². The molecule has 0 amide bonds. The van der Waals surface area contributed by atoms with Gasteiger partial charge in [-0.1, -0.05) is 13.8 Å². The Bertz CT molecular complexity index is 547. The molecule has 0 aromatic carbocycles. The molecule has 114 valence electrons. The summed E-state index contributed by atoms with van der Waals surface area (Å²) in [4.78, 5) is 14.0. The van der Waals surface area contributed by atoms with Gasteiger partial charge in [0, 0.05) is 19.8 Å². The fourth-order valence-electron chi connectivity index (χ4n) is 1.51. The minimum absolute atomic E-state index is 0.358.